The van der Waals surface area contributed by atoms with Gasteiger partial charge in [0.2, 0.25) is 0 Å². The first-order chi connectivity index (χ1) is 10.0. The zero-order valence-corrected chi connectivity index (χ0v) is 13.9. The fourth-order valence-electron chi connectivity index (χ4n) is 1.60. The zero-order valence-electron chi connectivity index (χ0n) is 13.0. The van der Waals surface area contributed by atoms with E-state index in [0.717, 1.165) is 5.56 Å². The summed E-state index contributed by atoms with van der Waals surface area (Å²) in [5.74, 6) is 0. The predicted octanol–water partition coefficient (Wildman–Crippen LogP) is 3.15. The van der Waals surface area contributed by atoms with Crippen LogP contribution < -0.4 is 0 Å². The summed E-state index contributed by atoms with van der Waals surface area (Å²) in [5, 5.41) is 4.01. The Morgan fingerprint density at radius 1 is 1.14 bits per heavy atom. The molecule has 0 spiro atoms. The number of phosphoric ester groups is 1. The number of likely N-dealkylation sites (N-methyl/N-ethyl adjacent to an activating group) is 1. The largest absolute Gasteiger partial charge is 0.550 e. The average Bonchev–Trinajstić information content (AvgIpc) is 2.44. The maximum Gasteiger partial charge on any atom is 0.550 e. The van der Waals surface area contributed by atoms with Crippen LogP contribution in [0.1, 0.15) is 19.4 Å². The molecule has 6 nitrogen and oxygen atoms in total. The molecule has 21 heavy (non-hydrogen) atoms. The number of hydrogen-bond acceptors (Lipinski definition) is 6. The van der Waals surface area contributed by atoms with Gasteiger partial charge in [-0.1, -0.05) is 35.5 Å². The van der Waals surface area contributed by atoms with Gasteiger partial charge in [-0.15, -0.1) is 0 Å². The molecule has 1 rings (SSSR count). The second-order valence-electron chi connectivity index (χ2n) is 4.51. The highest BCUT2D eigenvalue weighted by molar-refractivity contribution is 7.48. The second kappa shape index (κ2) is 8.95. The molecule has 0 fully saturated rings. The number of hydrogen-bond donors (Lipinski definition) is 0. The van der Waals surface area contributed by atoms with E-state index in [4.69, 9.17) is 13.7 Å². The fraction of sp³-hybridized carbons (Fsp3) is 0.500. The molecule has 7 heteroatoms. The fourth-order valence-corrected chi connectivity index (χ4v) is 2.60. The summed E-state index contributed by atoms with van der Waals surface area (Å²) >= 11 is 0. The Kier molecular flexibility index (Phi) is 7.61. The Bertz CT molecular complexity index is 481. The highest BCUT2D eigenvalue weighted by Gasteiger charge is 2.27. The minimum atomic E-state index is -3.64. The van der Waals surface area contributed by atoms with Crippen LogP contribution in [0.4, 0.5) is 0 Å². The van der Waals surface area contributed by atoms with Crippen LogP contribution in [-0.2, 0) is 18.2 Å². The van der Waals surface area contributed by atoms with Gasteiger partial charge in [0.15, 0.2) is 0 Å². The second-order valence-corrected chi connectivity index (χ2v) is 6.08. The standard InChI is InChI=1S/C14H23N2O4P/c1-5-18-21(17,19-6-2)20-15-14(12-16(3)4)13-10-8-7-9-11-13/h7-11H,5-6,12H2,1-4H3/b15-14+. The monoisotopic (exact) mass is 314 g/mol. The van der Waals surface area contributed by atoms with Crippen molar-refractivity contribution in [2.75, 3.05) is 33.9 Å². The third kappa shape index (κ3) is 6.40. The molecular weight excluding hydrogens is 291 g/mol. The average molecular weight is 314 g/mol. The third-order valence-corrected chi connectivity index (χ3v) is 3.83. The molecule has 0 heterocycles. The molecule has 0 saturated heterocycles. The lowest BCUT2D eigenvalue weighted by Crippen LogP contribution is -2.22. The quantitative estimate of drug-likeness (QED) is 0.398. The van der Waals surface area contributed by atoms with Crippen molar-refractivity contribution in [2.45, 2.75) is 13.8 Å². The van der Waals surface area contributed by atoms with E-state index in [9.17, 15) is 4.57 Å². The number of benzene rings is 1. The van der Waals surface area contributed by atoms with Crippen molar-refractivity contribution < 1.29 is 18.2 Å². The number of rotatable bonds is 9. The number of phosphoric acid groups is 1. The van der Waals surface area contributed by atoms with E-state index in [1.165, 1.54) is 0 Å². The van der Waals surface area contributed by atoms with E-state index in [1.54, 1.807) is 13.8 Å². The first-order valence-electron chi connectivity index (χ1n) is 6.85. The van der Waals surface area contributed by atoms with E-state index in [0.29, 0.717) is 12.3 Å². The number of nitrogens with zero attached hydrogens (tertiary/aromatic N) is 2. The van der Waals surface area contributed by atoms with Crippen LogP contribution in [-0.4, -0.2) is 44.5 Å². The van der Waals surface area contributed by atoms with Gasteiger partial charge in [-0.05, 0) is 27.9 Å². The Balaban J connectivity index is 2.95. The van der Waals surface area contributed by atoms with Crippen molar-refractivity contribution in [1.82, 2.24) is 4.90 Å². The molecule has 0 aliphatic carbocycles. The summed E-state index contributed by atoms with van der Waals surface area (Å²) in [6.45, 7) is 4.43. The van der Waals surface area contributed by atoms with Crippen LogP contribution >= 0.6 is 7.82 Å². The van der Waals surface area contributed by atoms with Crippen LogP contribution in [0.15, 0.2) is 35.5 Å². The van der Waals surface area contributed by atoms with E-state index in [2.05, 4.69) is 5.16 Å². The molecule has 0 aliphatic heterocycles. The molecule has 0 N–H and O–H groups in total. The van der Waals surface area contributed by atoms with Crippen molar-refractivity contribution in [3.8, 4) is 0 Å². The van der Waals surface area contributed by atoms with Gasteiger partial charge in [-0.25, -0.2) is 4.57 Å². The summed E-state index contributed by atoms with van der Waals surface area (Å²) in [6.07, 6.45) is 0. The summed E-state index contributed by atoms with van der Waals surface area (Å²) < 4.78 is 27.5. The summed E-state index contributed by atoms with van der Waals surface area (Å²) in [5.41, 5.74) is 1.55. The van der Waals surface area contributed by atoms with Crippen LogP contribution in [0.25, 0.3) is 0 Å². The van der Waals surface area contributed by atoms with E-state index >= 15 is 0 Å². The SMILES string of the molecule is CCOP(=O)(OCC)O/N=C(\CN(C)C)c1ccccc1. The van der Waals surface area contributed by atoms with Crippen molar-refractivity contribution in [2.24, 2.45) is 5.16 Å². The Morgan fingerprint density at radius 3 is 2.19 bits per heavy atom. The normalized spacial score (nSPS) is 12.7. The van der Waals surface area contributed by atoms with Crippen LogP contribution in [0, 0.1) is 0 Å². The highest BCUT2D eigenvalue weighted by Crippen LogP contribution is 2.49. The molecule has 0 atom stereocenters. The van der Waals surface area contributed by atoms with Crippen molar-refractivity contribution in [1.29, 1.82) is 0 Å². The lowest BCUT2D eigenvalue weighted by atomic mass is 10.1. The minimum absolute atomic E-state index is 0.223. The lowest BCUT2D eigenvalue weighted by Gasteiger charge is -2.16. The molecule has 0 aliphatic rings. The topological polar surface area (TPSA) is 60.4 Å². The van der Waals surface area contributed by atoms with E-state index < -0.39 is 7.82 Å². The molecule has 0 bridgehead atoms. The zero-order chi connectivity index (χ0) is 15.7. The highest BCUT2D eigenvalue weighted by atomic mass is 31.2. The third-order valence-electron chi connectivity index (χ3n) is 2.40. The summed E-state index contributed by atoms with van der Waals surface area (Å²) in [6, 6.07) is 9.56. The van der Waals surface area contributed by atoms with Gasteiger partial charge in [0.05, 0.1) is 13.2 Å². The van der Waals surface area contributed by atoms with E-state index in [-0.39, 0.29) is 13.2 Å². The van der Waals surface area contributed by atoms with Gasteiger partial charge in [0, 0.05) is 12.1 Å². The van der Waals surface area contributed by atoms with Gasteiger partial charge in [-0.2, -0.15) is 0 Å². The van der Waals surface area contributed by atoms with Gasteiger partial charge in [0.25, 0.3) is 0 Å². The molecule has 0 saturated carbocycles. The van der Waals surface area contributed by atoms with Crippen molar-refractivity contribution in [3.05, 3.63) is 35.9 Å². The molecular formula is C14H23N2O4P. The molecule has 118 valence electrons. The maximum atomic E-state index is 12.2. The molecule has 1 aromatic carbocycles. The van der Waals surface area contributed by atoms with Crippen molar-refractivity contribution in [3.63, 3.8) is 0 Å². The Morgan fingerprint density at radius 2 is 1.71 bits per heavy atom. The minimum Gasteiger partial charge on any atom is -0.303 e. The van der Waals surface area contributed by atoms with Gasteiger partial charge in [0.1, 0.15) is 5.71 Å². The van der Waals surface area contributed by atoms with E-state index in [1.807, 2.05) is 49.3 Å². The van der Waals surface area contributed by atoms with Gasteiger partial charge < -0.3 is 4.90 Å². The molecule has 0 amide bonds. The first-order valence-corrected chi connectivity index (χ1v) is 8.31. The van der Waals surface area contributed by atoms with Crippen LogP contribution in [0.5, 0.6) is 0 Å². The maximum absolute atomic E-state index is 12.2. The molecule has 1 aromatic rings. The predicted molar refractivity (Wildman–Crippen MR) is 83.5 cm³/mol. The van der Waals surface area contributed by atoms with Gasteiger partial charge in [-0.3, -0.25) is 13.7 Å². The Labute approximate surface area is 126 Å². The Hall–Kier alpha value is -1.20. The van der Waals surface area contributed by atoms with Gasteiger partial charge >= 0.3 is 7.82 Å². The van der Waals surface area contributed by atoms with Crippen LogP contribution in [0.2, 0.25) is 0 Å². The summed E-state index contributed by atoms with van der Waals surface area (Å²) in [4.78, 5) is 1.95. The van der Waals surface area contributed by atoms with Crippen LogP contribution in [0.3, 0.4) is 0 Å². The first kappa shape index (κ1) is 17.9. The molecule has 0 unspecified atom stereocenters. The number of oxime groups is 1. The van der Waals surface area contributed by atoms with Crippen molar-refractivity contribution >= 4 is 13.5 Å². The molecule has 0 aromatic heterocycles. The molecule has 0 radical (unpaired) electrons. The smallest absolute Gasteiger partial charge is 0.303 e. The summed E-state index contributed by atoms with van der Waals surface area (Å²) in [7, 11) is 0.196. The lowest BCUT2D eigenvalue weighted by molar-refractivity contribution is 0.124.